The second kappa shape index (κ2) is 5.31. The van der Waals surface area contributed by atoms with Crippen LogP contribution < -0.4 is 5.32 Å². The summed E-state index contributed by atoms with van der Waals surface area (Å²) in [5.74, 6) is 0.937. The smallest absolute Gasteiger partial charge is 0.134 e. The molecule has 19 heavy (non-hydrogen) atoms. The van der Waals surface area contributed by atoms with Crippen molar-refractivity contribution < 1.29 is 0 Å². The molecule has 0 unspecified atom stereocenters. The first-order valence-corrected chi connectivity index (χ1v) is 7.73. The Morgan fingerprint density at radius 2 is 2.11 bits per heavy atom. The van der Waals surface area contributed by atoms with Crippen LogP contribution in [0.15, 0.2) is 46.4 Å². The summed E-state index contributed by atoms with van der Waals surface area (Å²) in [5.41, 5.74) is 1.33. The molecule has 0 saturated heterocycles. The van der Waals surface area contributed by atoms with Crippen LogP contribution >= 0.6 is 27.3 Å². The predicted octanol–water partition coefficient (Wildman–Crippen LogP) is 4.98. The van der Waals surface area contributed by atoms with Crippen LogP contribution in [0.2, 0.25) is 0 Å². The van der Waals surface area contributed by atoms with Crippen molar-refractivity contribution in [2.75, 3.05) is 5.32 Å². The maximum atomic E-state index is 4.45. The number of benzene rings is 1. The van der Waals surface area contributed by atoms with Crippen LogP contribution in [-0.2, 0) is 6.54 Å². The predicted molar refractivity (Wildman–Crippen MR) is 85.8 cm³/mol. The van der Waals surface area contributed by atoms with Gasteiger partial charge in [-0.15, -0.1) is 11.3 Å². The molecule has 0 amide bonds. The van der Waals surface area contributed by atoms with Gasteiger partial charge in [0.15, 0.2) is 0 Å². The lowest BCUT2D eigenvalue weighted by molar-refractivity contribution is 1.14. The van der Waals surface area contributed by atoms with E-state index >= 15 is 0 Å². The highest BCUT2D eigenvalue weighted by atomic mass is 79.9. The van der Waals surface area contributed by atoms with Crippen LogP contribution in [0.5, 0.6) is 0 Å². The van der Waals surface area contributed by atoms with Gasteiger partial charge in [-0.3, -0.25) is 0 Å². The van der Waals surface area contributed by atoms with E-state index in [0.29, 0.717) is 0 Å². The van der Waals surface area contributed by atoms with Gasteiger partial charge in [0, 0.05) is 26.3 Å². The minimum absolute atomic E-state index is 0.822. The summed E-state index contributed by atoms with van der Waals surface area (Å²) in [6.07, 6.45) is 1.84. The zero-order valence-corrected chi connectivity index (χ0v) is 12.9. The van der Waals surface area contributed by atoms with E-state index in [0.717, 1.165) is 22.2 Å². The van der Waals surface area contributed by atoms with Crippen LogP contribution in [0.25, 0.3) is 10.8 Å². The number of nitrogens with zero attached hydrogens (tertiary/aromatic N) is 1. The maximum Gasteiger partial charge on any atom is 0.134 e. The Morgan fingerprint density at radius 1 is 1.21 bits per heavy atom. The minimum Gasteiger partial charge on any atom is -0.365 e. The second-order valence-corrected chi connectivity index (χ2v) is 6.23. The number of aromatic nitrogens is 1. The summed E-state index contributed by atoms with van der Waals surface area (Å²) in [4.78, 5) is 5.81. The van der Waals surface area contributed by atoms with Crippen molar-refractivity contribution in [2.45, 2.75) is 13.5 Å². The van der Waals surface area contributed by atoms with Gasteiger partial charge < -0.3 is 5.32 Å². The fourth-order valence-corrected chi connectivity index (χ4v) is 3.40. The number of hydrogen-bond acceptors (Lipinski definition) is 3. The second-order valence-electron chi connectivity index (χ2n) is 4.37. The largest absolute Gasteiger partial charge is 0.365 e. The number of nitrogens with one attached hydrogen (secondary N) is 1. The van der Waals surface area contributed by atoms with Crippen molar-refractivity contribution >= 4 is 43.9 Å². The zero-order chi connectivity index (χ0) is 13.2. The summed E-state index contributed by atoms with van der Waals surface area (Å²) in [6.45, 7) is 2.96. The molecule has 96 valence electrons. The summed E-state index contributed by atoms with van der Waals surface area (Å²) in [5, 5.41) is 7.89. The first-order chi connectivity index (χ1) is 9.25. The summed E-state index contributed by atoms with van der Waals surface area (Å²) in [7, 11) is 0. The van der Waals surface area contributed by atoms with Crippen molar-refractivity contribution in [3.63, 3.8) is 0 Å². The van der Waals surface area contributed by atoms with Crippen LogP contribution in [0.3, 0.4) is 0 Å². The van der Waals surface area contributed by atoms with Gasteiger partial charge in [0.2, 0.25) is 0 Å². The Kier molecular flexibility index (Phi) is 3.53. The molecule has 0 radical (unpaired) electrons. The first kappa shape index (κ1) is 12.6. The molecule has 2 nitrogen and oxygen atoms in total. The first-order valence-electron chi connectivity index (χ1n) is 6.06. The van der Waals surface area contributed by atoms with Gasteiger partial charge >= 0.3 is 0 Å². The fraction of sp³-hybridized carbons (Fsp3) is 0.133. The van der Waals surface area contributed by atoms with Crippen LogP contribution in [0.1, 0.15) is 10.4 Å². The number of aryl methyl sites for hydroxylation is 1. The molecular formula is C15H13BrN2S. The van der Waals surface area contributed by atoms with E-state index in [1.165, 1.54) is 15.8 Å². The van der Waals surface area contributed by atoms with Gasteiger partial charge in [-0.2, -0.15) is 0 Å². The minimum atomic E-state index is 0.822. The Balaban J connectivity index is 1.93. The molecule has 2 heterocycles. The average Bonchev–Trinajstić information content (AvgIpc) is 2.82. The van der Waals surface area contributed by atoms with Crippen LogP contribution in [0.4, 0.5) is 5.82 Å². The lowest BCUT2D eigenvalue weighted by Gasteiger charge is -2.09. The topological polar surface area (TPSA) is 24.9 Å². The molecule has 1 N–H and O–H groups in total. The molecule has 0 aliphatic heterocycles. The number of hydrogen-bond donors (Lipinski definition) is 1. The molecule has 0 fully saturated rings. The number of pyridine rings is 1. The van der Waals surface area contributed by atoms with E-state index in [4.69, 9.17) is 0 Å². The summed E-state index contributed by atoms with van der Waals surface area (Å²) < 4.78 is 1.10. The number of fused-ring (bicyclic) bond motifs is 1. The van der Waals surface area contributed by atoms with E-state index in [1.54, 1.807) is 11.3 Å². The van der Waals surface area contributed by atoms with E-state index in [2.05, 4.69) is 56.7 Å². The molecule has 0 aliphatic rings. The third-order valence-corrected chi connectivity index (χ3v) is 4.85. The highest BCUT2D eigenvalue weighted by Crippen LogP contribution is 2.28. The average molecular weight is 333 g/mol. The third-order valence-electron chi connectivity index (χ3n) is 3.14. The van der Waals surface area contributed by atoms with Crippen LogP contribution in [0, 0.1) is 6.92 Å². The molecule has 0 atom stereocenters. The highest BCUT2D eigenvalue weighted by molar-refractivity contribution is 9.10. The number of halogens is 1. The Morgan fingerprint density at radius 3 is 2.89 bits per heavy atom. The highest BCUT2D eigenvalue weighted by Gasteiger charge is 2.05. The Hall–Kier alpha value is -1.39. The number of anilines is 1. The lowest BCUT2D eigenvalue weighted by Crippen LogP contribution is -2.01. The van der Waals surface area contributed by atoms with Gasteiger partial charge in [0.1, 0.15) is 5.82 Å². The number of thiophene rings is 1. The molecule has 0 bridgehead atoms. The van der Waals surface area contributed by atoms with Crippen molar-refractivity contribution in [1.29, 1.82) is 0 Å². The molecule has 1 aromatic carbocycles. The Labute approximate surface area is 124 Å². The van der Waals surface area contributed by atoms with Gasteiger partial charge in [-0.1, -0.05) is 28.1 Å². The fourth-order valence-electron chi connectivity index (χ4n) is 2.06. The molecule has 3 aromatic rings. The molecule has 3 rings (SSSR count). The van der Waals surface area contributed by atoms with Crippen molar-refractivity contribution in [2.24, 2.45) is 0 Å². The van der Waals surface area contributed by atoms with Gasteiger partial charge in [-0.25, -0.2) is 4.98 Å². The molecule has 0 aliphatic carbocycles. The van der Waals surface area contributed by atoms with Gasteiger partial charge in [0.05, 0.1) is 6.54 Å². The van der Waals surface area contributed by atoms with Crippen molar-refractivity contribution in [3.05, 3.63) is 56.8 Å². The summed E-state index contributed by atoms with van der Waals surface area (Å²) in [6, 6.07) is 10.4. The molecule has 0 saturated carbocycles. The van der Waals surface area contributed by atoms with E-state index in [1.807, 2.05) is 18.3 Å². The maximum absolute atomic E-state index is 4.45. The van der Waals surface area contributed by atoms with Crippen molar-refractivity contribution in [1.82, 2.24) is 4.98 Å². The Bertz CT molecular complexity index is 721. The molecule has 0 spiro atoms. The number of rotatable bonds is 3. The molecule has 4 heteroatoms. The normalized spacial score (nSPS) is 10.8. The van der Waals surface area contributed by atoms with Crippen LogP contribution in [-0.4, -0.2) is 4.98 Å². The zero-order valence-electron chi connectivity index (χ0n) is 10.5. The standard InChI is InChI=1S/C15H13BrN2S/c1-10-6-8-19-14(10)9-18-15-12-3-2-4-13(16)11(12)5-7-17-15/h2-8H,9H2,1H3,(H,17,18). The van der Waals surface area contributed by atoms with E-state index in [-0.39, 0.29) is 0 Å². The quantitative estimate of drug-likeness (QED) is 0.731. The van der Waals surface area contributed by atoms with E-state index < -0.39 is 0 Å². The van der Waals surface area contributed by atoms with E-state index in [9.17, 15) is 0 Å². The SMILES string of the molecule is Cc1ccsc1CNc1nccc2c(Br)cccc12. The molecule has 2 aromatic heterocycles. The summed E-state index contributed by atoms with van der Waals surface area (Å²) >= 11 is 5.36. The monoisotopic (exact) mass is 332 g/mol. The molecular weight excluding hydrogens is 320 g/mol. The van der Waals surface area contributed by atoms with Gasteiger partial charge in [-0.05, 0) is 36.1 Å². The lowest BCUT2D eigenvalue weighted by atomic mass is 10.1. The van der Waals surface area contributed by atoms with Gasteiger partial charge in [0.25, 0.3) is 0 Å². The van der Waals surface area contributed by atoms with Crippen molar-refractivity contribution in [3.8, 4) is 0 Å². The third kappa shape index (κ3) is 2.51.